The minimum absolute atomic E-state index is 0. The molecule has 0 aromatic heterocycles. The second-order valence-corrected chi connectivity index (χ2v) is 7.39. The van der Waals surface area contributed by atoms with Gasteiger partial charge in [-0.05, 0) is 44.4 Å². The lowest BCUT2D eigenvalue weighted by atomic mass is 10.1. The van der Waals surface area contributed by atoms with Crippen molar-refractivity contribution >= 4 is 35.6 Å². The molecule has 0 bridgehead atoms. The van der Waals surface area contributed by atoms with Crippen molar-refractivity contribution in [1.29, 1.82) is 0 Å². The first-order chi connectivity index (χ1) is 13.3. The molecule has 7 heteroatoms. The second-order valence-electron chi connectivity index (χ2n) is 7.39. The van der Waals surface area contributed by atoms with Crippen molar-refractivity contribution < 1.29 is 4.74 Å². The maximum Gasteiger partial charge on any atom is 0.191 e. The Morgan fingerprint density at radius 3 is 2.68 bits per heavy atom. The standard InChI is InChI=1S/C21H35N5O.HI/c1-2-22-21(23-10-6-11-25-13-15-27-16-14-25)24-17-19-9-12-26(18-19)20-7-4-3-5-8-20;/h3-5,7-8,19H,2,6,9-18H2,1H3,(H2,22,23,24);1H. The summed E-state index contributed by atoms with van der Waals surface area (Å²) in [4.78, 5) is 9.80. The second kappa shape index (κ2) is 13.2. The van der Waals surface area contributed by atoms with E-state index >= 15 is 0 Å². The molecule has 2 N–H and O–H groups in total. The van der Waals surface area contributed by atoms with Crippen molar-refractivity contribution in [2.75, 3.05) is 70.5 Å². The van der Waals surface area contributed by atoms with Gasteiger partial charge in [0.1, 0.15) is 0 Å². The maximum atomic E-state index is 5.40. The van der Waals surface area contributed by atoms with Gasteiger partial charge in [0.2, 0.25) is 0 Å². The van der Waals surface area contributed by atoms with Gasteiger partial charge in [-0.2, -0.15) is 0 Å². The average Bonchev–Trinajstić information content (AvgIpc) is 3.20. The Morgan fingerprint density at radius 2 is 1.93 bits per heavy atom. The number of hydrogen-bond acceptors (Lipinski definition) is 4. The van der Waals surface area contributed by atoms with Crippen LogP contribution < -0.4 is 15.5 Å². The summed E-state index contributed by atoms with van der Waals surface area (Å²) in [5.41, 5.74) is 1.33. The molecule has 0 spiro atoms. The maximum absolute atomic E-state index is 5.40. The predicted molar refractivity (Wildman–Crippen MR) is 128 cm³/mol. The zero-order valence-corrected chi connectivity index (χ0v) is 19.4. The SMILES string of the molecule is CCNC(=NCC1CCN(c2ccccc2)C1)NCCCN1CCOCC1.I. The minimum atomic E-state index is 0. The summed E-state index contributed by atoms with van der Waals surface area (Å²) in [6, 6.07) is 10.7. The third-order valence-electron chi connectivity index (χ3n) is 5.31. The third kappa shape index (κ3) is 7.75. The van der Waals surface area contributed by atoms with Crippen LogP contribution in [0.4, 0.5) is 5.69 Å². The Bertz CT molecular complexity index is 565. The molecule has 0 radical (unpaired) electrons. The van der Waals surface area contributed by atoms with E-state index in [4.69, 9.17) is 9.73 Å². The average molecular weight is 501 g/mol. The lowest BCUT2D eigenvalue weighted by Gasteiger charge is -2.26. The summed E-state index contributed by atoms with van der Waals surface area (Å²) in [6.45, 7) is 12.1. The first-order valence-electron chi connectivity index (χ1n) is 10.5. The monoisotopic (exact) mass is 501 g/mol. The first-order valence-corrected chi connectivity index (χ1v) is 10.5. The normalized spacial score (nSPS) is 20.7. The molecule has 2 heterocycles. The molecule has 3 rings (SSSR count). The van der Waals surface area contributed by atoms with Crippen LogP contribution in [0, 0.1) is 5.92 Å². The highest BCUT2D eigenvalue weighted by Gasteiger charge is 2.22. The van der Waals surface area contributed by atoms with E-state index in [-0.39, 0.29) is 24.0 Å². The van der Waals surface area contributed by atoms with Crippen molar-refractivity contribution in [2.24, 2.45) is 10.9 Å². The summed E-state index contributed by atoms with van der Waals surface area (Å²) in [5.74, 6) is 1.59. The molecule has 6 nitrogen and oxygen atoms in total. The summed E-state index contributed by atoms with van der Waals surface area (Å²) >= 11 is 0. The lowest BCUT2D eigenvalue weighted by Crippen LogP contribution is -2.41. The summed E-state index contributed by atoms with van der Waals surface area (Å²) in [7, 11) is 0. The molecule has 2 aliphatic rings. The van der Waals surface area contributed by atoms with Gasteiger partial charge >= 0.3 is 0 Å². The number of hydrogen-bond donors (Lipinski definition) is 2. The topological polar surface area (TPSA) is 52.1 Å². The lowest BCUT2D eigenvalue weighted by molar-refractivity contribution is 0.0376. The number of anilines is 1. The van der Waals surface area contributed by atoms with Crippen LogP contribution in [-0.4, -0.2) is 76.4 Å². The van der Waals surface area contributed by atoms with E-state index < -0.39 is 0 Å². The number of ether oxygens (including phenoxy) is 1. The summed E-state index contributed by atoms with van der Waals surface area (Å²) in [6.07, 6.45) is 2.35. The molecule has 28 heavy (non-hydrogen) atoms. The molecule has 2 fully saturated rings. The van der Waals surface area contributed by atoms with E-state index in [1.807, 2.05) is 0 Å². The molecule has 0 amide bonds. The fourth-order valence-electron chi connectivity index (χ4n) is 3.75. The summed E-state index contributed by atoms with van der Waals surface area (Å²) in [5, 5.41) is 6.87. The van der Waals surface area contributed by atoms with Crippen LogP contribution >= 0.6 is 24.0 Å². The van der Waals surface area contributed by atoms with Crippen LogP contribution in [0.3, 0.4) is 0 Å². The quantitative estimate of drug-likeness (QED) is 0.248. The number of morpholine rings is 1. The van der Waals surface area contributed by atoms with Gasteiger partial charge in [0.25, 0.3) is 0 Å². The molecule has 158 valence electrons. The zero-order chi connectivity index (χ0) is 18.7. The number of rotatable bonds is 8. The number of nitrogens with zero attached hydrogens (tertiary/aromatic N) is 3. The molecule has 2 saturated heterocycles. The van der Waals surface area contributed by atoms with Gasteiger partial charge in [-0.3, -0.25) is 9.89 Å². The van der Waals surface area contributed by atoms with Gasteiger partial charge in [-0.15, -0.1) is 24.0 Å². The highest BCUT2D eigenvalue weighted by Crippen LogP contribution is 2.23. The van der Waals surface area contributed by atoms with Gasteiger partial charge in [0.05, 0.1) is 13.2 Å². The van der Waals surface area contributed by atoms with E-state index in [1.54, 1.807) is 0 Å². The zero-order valence-electron chi connectivity index (χ0n) is 17.1. The highest BCUT2D eigenvalue weighted by molar-refractivity contribution is 14.0. The van der Waals surface area contributed by atoms with Gasteiger partial charge in [0, 0.05) is 51.5 Å². The van der Waals surface area contributed by atoms with Crippen LogP contribution in [-0.2, 0) is 4.74 Å². The van der Waals surface area contributed by atoms with Crippen LogP contribution in [0.25, 0.3) is 0 Å². The van der Waals surface area contributed by atoms with Crippen molar-refractivity contribution in [2.45, 2.75) is 19.8 Å². The molecular formula is C21H36IN5O. The third-order valence-corrected chi connectivity index (χ3v) is 5.31. The number of para-hydroxylation sites is 1. The molecule has 1 atom stereocenters. The minimum Gasteiger partial charge on any atom is -0.379 e. The van der Waals surface area contributed by atoms with E-state index in [9.17, 15) is 0 Å². The molecule has 1 aromatic rings. The fraction of sp³-hybridized carbons (Fsp3) is 0.667. The van der Waals surface area contributed by atoms with E-state index in [1.165, 1.54) is 12.1 Å². The van der Waals surface area contributed by atoms with E-state index in [0.29, 0.717) is 5.92 Å². The van der Waals surface area contributed by atoms with Crippen molar-refractivity contribution in [3.8, 4) is 0 Å². The molecule has 1 aromatic carbocycles. The highest BCUT2D eigenvalue weighted by atomic mass is 127. The summed E-state index contributed by atoms with van der Waals surface area (Å²) < 4.78 is 5.40. The first kappa shape index (κ1) is 23.2. The molecule has 0 aliphatic carbocycles. The number of aliphatic imine (C=N–C) groups is 1. The van der Waals surface area contributed by atoms with E-state index in [2.05, 4.69) is 57.7 Å². The Hall–Kier alpha value is -1.06. The molecule has 2 aliphatic heterocycles. The largest absolute Gasteiger partial charge is 0.379 e. The number of guanidine groups is 1. The number of nitrogens with one attached hydrogen (secondary N) is 2. The van der Waals surface area contributed by atoms with Crippen LogP contribution in [0.2, 0.25) is 0 Å². The van der Waals surface area contributed by atoms with Crippen LogP contribution in [0.1, 0.15) is 19.8 Å². The molecule has 0 saturated carbocycles. The predicted octanol–water partition coefficient (Wildman–Crippen LogP) is 2.41. The Balaban J connectivity index is 0.00000280. The fourth-order valence-corrected chi connectivity index (χ4v) is 3.75. The Kier molecular flexibility index (Phi) is 11.0. The van der Waals surface area contributed by atoms with Crippen LogP contribution in [0.5, 0.6) is 0 Å². The van der Waals surface area contributed by atoms with Crippen molar-refractivity contribution in [3.05, 3.63) is 30.3 Å². The molecule has 1 unspecified atom stereocenters. The van der Waals surface area contributed by atoms with Crippen molar-refractivity contribution in [3.63, 3.8) is 0 Å². The van der Waals surface area contributed by atoms with Gasteiger partial charge < -0.3 is 20.3 Å². The number of benzene rings is 1. The van der Waals surface area contributed by atoms with Gasteiger partial charge in [-0.25, -0.2) is 0 Å². The van der Waals surface area contributed by atoms with Crippen molar-refractivity contribution in [1.82, 2.24) is 15.5 Å². The Morgan fingerprint density at radius 1 is 1.14 bits per heavy atom. The smallest absolute Gasteiger partial charge is 0.191 e. The number of halogens is 1. The van der Waals surface area contributed by atoms with Gasteiger partial charge in [0.15, 0.2) is 5.96 Å². The Labute approximate surface area is 187 Å². The van der Waals surface area contributed by atoms with E-state index in [0.717, 1.165) is 78.0 Å². The van der Waals surface area contributed by atoms with Crippen LogP contribution in [0.15, 0.2) is 35.3 Å². The molecular weight excluding hydrogens is 465 g/mol. The van der Waals surface area contributed by atoms with Gasteiger partial charge in [-0.1, -0.05) is 18.2 Å².